The van der Waals surface area contributed by atoms with E-state index in [4.69, 9.17) is 9.60 Å². The lowest BCUT2D eigenvalue weighted by molar-refractivity contribution is -0.128. The molecule has 3 rings (SSSR count). The summed E-state index contributed by atoms with van der Waals surface area (Å²) in [4.78, 5) is 18.2. The van der Waals surface area contributed by atoms with Crippen LogP contribution in [0.3, 0.4) is 0 Å². The SMILES string of the molecule is [2H]c1c(C)c([2H])n2c(C([2H])C(=O)N(C)C)c(-c3ccc(C([2H])([2H])[2H])cc3)nc2c1[2H]. The van der Waals surface area contributed by atoms with Crippen LogP contribution in [0.1, 0.15) is 26.4 Å². The molecule has 0 fully saturated rings. The largest absolute Gasteiger partial charge is 0.348 e. The summed E-state index contributed by atoms with van der Waals surface area (Å²) in [5, 5.41) is 0. The summed E-state index contributed by atoms with van der Waals surface area (Å²) >= 11 is 0. The lowest BCUT2D eigenvalue weighted by Gasteiger charge is -2.11. The molecular weight excluding hydrogens is 286 g/mol. The van der Waals surface area contributed by atoms with Crippen LogP contribution in [-0.4, -0.2) is 34.3 Å². The third-order valence-corrected chi connectivity index (χ3v) is 3.41. The van der Waals surface area contributed by atoms with Gasteiger partial charge in [-0.1, -0.05) is 35.9 Å². The summed E-state index contributed by atoms with van der Waals surface area (Å²) in [5.74, 6) is -0.532. The van der Waals surface area contributed by atoms with Gasteiger partial charge in [0.15, 0.2) is 0 Å². The Morgan fingerprint density at radius 1 is 1.30 bits per heavy atom. The average Bonchev–Trinajstić information content (AvgIpc) is 3.09. The van der Waals surface area contributed by atoms with Gasteiger partial charge in [-0.2, -0.15) is 0 Å². The van der Waals surface area contributed by atoms with E-state index in [0.29, 0.717) is 5.56 Å². The minimum absolute atomic E-state index is 0.00399. The van der Waals surface area contributed by atoms with Crippen molar-refractivity contribution in [2.24, 2.45) is 0 Å². The monoisotopic (exact) mass is 314 g/mol. The molecule has 0 aliphatic heterocycles. The van der Waals surface area contributed by atoms with Crippen molar-refractivity contribution >= 4 is 11.6 Å². The highest BCUT2D eigenvalue weighted by molar-refractivity contribution is 5.81. The number of imidazole rings is 1. The number of aryl methyl sites for hydroxylation is 1. The summed E-state index contributed by atoms with van der Waals surface area (Å²) in [6.07, 6.45) is -1.55. The summed E-state index contributed by atoms with van der Waals surface area (Å²) in [5.41, 5.74) is 1.13. The van der Waals surface area contributed by atoms with Crippen LogP contribution in [0.25, 0.3) is 16.9 Å². The fraction of sp³-hybridized carbons (Fsp3) is 0.263. The molecule has 1 atom stereocenters. The number of carbonyl (C=O) groups is 1. The van der Waals surface area contributed by atoms with Crippen molar-refractivity contribution in [3.05, 3.63) is 59.3 Å². The molecular formula is C19H21N3O. The van der Waals surface area contributed by atoms with E-state index in [1.54, 1.807) is 0 Å². The van der Waals surface area contributed by atoms with Gasteiger partial charge in [-0.05, 0) is 25.4 Å². The average molecular weight is 314 g/mol. The van der Waals surface area contributed by atoms with Gasteiger partial charge in [-0.25, -0.2) is 4.98 Å². The van der Waals surface area contributed by atoms with Gasteiger partial charge in [0.05, 0.1) is 21.9 Å². The van der Waals surface area contributed by atoms with E-state index in [0.717, 1.165) is 0 Å². The van der Waals surface area contributed by atoms with Crippen molar-refractivity contribution in [2.45, 2.75) is 20.2 Å². The first kappa shape index (κ1) is 8.87. The Labute approximate surface area is 146 Å². The Kier molecular flexibility index (Phi) is 2.27. The molecule has 2 aromatic heterocycles. The van der Waals surface area contributed by atoms with Crippen LogP contribution < -0.4 is 0 Å². The number of fused-ring (bicyclic) bond motifs is 1. The van der Waals surface area contributed by atoms with Crippen LogP contribution in [0, 0.1) is 13.8 Å². The number of pyridine rings is 1. The molecule has 3 aromatic rings. The van der Waals surface area contributed by atoms with Crippen molar-refractivity contribution in [3.8, 4) is 11.3 Å². The molecule has 4 heteroatoms. The normalized spacial score (nSPS) is 17.3. The lowest BCUT2D eigenvalue weighted by Crippen LogP contribution is -2.24. The van der Waals surface area contributed by atoms with Crippen molar-refractivity contribution in [2.75, 3.05) is 14.1 Å². The first-order chi connectivity index (χ1) is 13.9. The molecule has 0 spiro atoms. The molecule has 0 saturated carbocycles. The number of hydrogen-bond donors (Lipinski definition) is 0. The minimum Gasteiger partial charge on any atom is -0.348 e. The predicted molar refractivity (Wildman–Crippen MR) is 92.5 cm³/mol. The molecule has 4 nitrogen and oxygen atoms in total. The van der Waals surface area contributed by atoms with Gasteiger partial charge in [0.1, 0.15) is 5.65 Å². The van der Waals surface area contributed by atoms with E-state index in [1.807, 2.05) is 0 Å². The maximum absolute atomic E-state index is 12.6. The van der Waals surface area contributed by atoms with Crippen molar-refractivity contribution < 1.29 is 14.4 Å². The number of amides is 1. The Balaban J connectivity index is 2.36. The molecule has 1 amide bonds. The first-order valence-electron chi connectivity index (χ1n) is 10.7. The van der Waals surface area contributed by atoms with E-state index in [-0.39, 0.29) is 46.4 Å². The Bertz CT molecular complexity index is 1130. The molecule has 2 heterocycles. The second-order valence-corrected chi connectivity index (χ2v) is 5.45. The third kappa shape index (κ3) is 2.97. The van der Waals surface area contributed by atoms with Gasteiger partial charge in [0, 0.05) is 31.3 Å². The van der Waals surface area contributed by atoms with E-state index in [9.17, 15) is 4.79 Å². The van der Waals surface area contributed by atoms with Gasteiger partial charge in [0.2, 0.25) is 5.91 Å². The van der Waals surface area contributed by atoms with Crippen LogP contribution in [0.5, 0.6) is 0 Å². The fourth-order valence-corrected chi connectivity index (χ4v) is 2.20. The molecule has 23 heavy (non-hydrogen) atoms. The van der Waals surface area contributed by atoms with Crippen LogP contribution in [0.15, 0.2) is 42.5 Å². The maximum atomic E-state index is 12.6. The number of nitrogens with zero attached hydrogens (tertiary/aromatic N) is 3. The van der Waals surface area contributed by atoms with Crippen LogP contribution in [0.4, 0.5) is 0 Å². The highest BCUT2D eigenvalue weighted by Crippen LogP contribution is 2.26. The molecule has 0 saturated heterocycles. The lowest BCUT2D eigenvalue weighted by atomic mass is 10.1. The van der Waals surface area contributed by atoms with Gasteiger partial charge >= 0.3 is 0 Å². The highest BCUT2D eigenvalue weighted by Gasteiger charge is 2.18. The number of benzene rings is 1. The van der Waals surface area contributed by atoms with Crippen molar-refractivity contribution in [3.63, 3.8) is 0 Å². The van der Waals surface area contributed by atoms with Crippen LogP contribution in [-0.2, 0) is 11.2 Å². The smallest absolute Gasteiger partial charge is 0.228 e. The summed E-state index contributed by atoms with van der Waals surface area (Å²) in [6, 6.07) is 5.55. The van der Waals surface area contributed by atoms with Gasteiger partial charge < -0.3 is 9.30 Å². The van der Waals surface area contributed by atoms with Gasteiger partial charge in [0.25, 0.3) is 0 Å². The zero-order valence-electron chi connectivity index (χ0n) is 20.1. The molecule has 0 bridgehead atoms. The maximum Gasteiger partial charge on any atom is 0.228 e. The molecule has 0 aliphatic carbocycles. The number of hydrogen-bond acceptors (Lipinski definition) is 2. The van der Waals surface area contributed by atoms with E-state index in [2.05, 4.69) is 4.98 Å². The second-order valence-electron chi connectivity index (χ2n) is 5.45. The van der Waals surface area contributed by atoms with Crippen LogP contribution in [0.2, 0.25) is 0 Å². The van der Waals surface area contributed by atoms with Crippen molar-refractivity contribution in [1.82, 2.24) is 14.3 Å². The fourth-order valence-electron chi connectivity index (χ4n) is 2.20. The quantitative estimate of drug-likeness (QED) is 0.744. The number of aromatic nitrogens is 2. The minimum atomic E-state index is -2.28. The molecule has 1 unspecified atom stereocenters. The van der Waals surface area contributed by atoms with Crippen molar-refractivity contribution in [1.29, 1.82) is 0 Å². The Morgan fingerprint density at radius 2 is 2.04 bits per heavy atom. The Morgan fingerprint density at radius 3 is 2.70 bits per heavy atom. The summed E-state index contributed by atoms with van der Waals surface area (Å²) < 4.78 is 57.1. The molecule has 0 aliphatic rings. The third-order valence-electron chi connectivity index (χ3n) is 3.41. The first-order valence-corrected chi connectivity index (χ1v) is 7.09. The molecule has 1 aromatic carbocycles. The number of rotatable bonds is 3. The molecule has 118 valence electrons. The van der Waals surface area contributed by atoms with E-state index < -0.39 is 19.2 Å². The topological polar surface area (TPSA) is 37.6 Å². The number of likely N-dealkylation sites (N-methyl/N-ethyl adjacent to an activating group) is 1. The standard InChI is InChI=1S/C19H21N3O/c1-13-5-8-15(9-6-13)19-16(11-18(23)21(3)4)22-12-14(2)7-10-17(22)20-19/h5-10,12H,11H2,1-4H3/i1D3,7D,10D,11D,12D. The summed E-state index contributed by atoms with van der Waals surface area (Å²) in [7, 11) is 3.03. The van der Waals surface area contributed by atoms with E-state index >= 15 is 0 Å². The molecule has 0 N–H and O–H groups in total. The zero-order valence-corrected chi connectivity index (χ0v) is 13.1. The van der Waals surface area contributed by atoms with Gasteiger partial charge in [-0.3, -0.25) is 4.79 Å². The number of carbonyl (C=O) groups excluding carboxylic acids is 1. The highest BCUT2D eigenvalue weighted by atomic mass is 16.2. The summed E-state index contributed by atoms with van der Waals surface area (Å²) in [6.45, 7) is -0.748. The predicted octanol–water partition coefficient (Wildman–Crippen LogP) is 3.25. The Hall–Kier alpha value is -2.62. The zero-order chi connectivity index (χ0) is 22.5. The second kappa shape index (κ2) is 5.88. The van der Waals surface area contributed by atoms with Gasteiger partial charge in [-0.15, -0.1) is 0 Å². The molecule has 0 radical (unpaired) electrons. The van der Waals surface area contributed by atoms with Crippen LogP contribution >= 0.6 is 0 Å². The van der Waals surface area contributed by atoms with E-state index in [1.165, 1.54) is 54.6 Å².